The van der Waals surface area contributed by atoms with E-state index in [9.17, 15) is 9.90 Å². The highest BCUT2D eigenvalue weighted by Gasteiger charge is 2.17. The number of aliphatic hydroxyl groups excluding tert-OH is 1. The van der Waals surface area contributed by atoms with E-state index in [1.165, 1.54) is 0 Å². The first-order chi connectivity index (χ1) is 10.8. The largest absolute Gasteiger partial charge is 0.491 e. The van der Waals surface area contributed by atoms with Gasteiger partial charge in [-0.3, -0.25) is 4.79 Å². The van der Waals surface area contributed by atoms with Crippen LogP contribution in [0, 0.1) is 5.41 Å². The highest BCUT2D eigenvalue weighted by Crippen LogP contribution is 2.21. The van der Waals surface area contributed by atoms with Crippen LogP contribution < -0.4 is 4.74 Å². The summed E-state index contributed by atoms with van der Waals surface area (Å²) in [4.78, 5) is 12.3. The molecule has 0 fully saturated rings. The molecule has 122 valence electrons. The number of carbonyl (C=O) groups is 1. The number of ether oxygens (including phenoxy) is 1. The lowest BCUT2D eigenvalue weighted by Gasteiger charge is -2.22. The minimum absolute atomic E-state index is 0.00934. The van der Waals surface area contributed by atoms with Gasteiger partial charge in [-0.1, -0.05) is 51.1 Å². The predicted octanol–water partition coefficient (Wildman–Crippen LogP) is 4.09. The van der Waals surface area contributed by atoms with E-state index >= 15 is 0 Å². The van der Waals surface area contributed by atoms with Gasteiger partial charge in [0.05, 0.1) is 6.10 Å². The summed E-state index contributed by atoms with van der Waals surface area (Å²) in [5.41, 5.74) is 1.36. The van der Waals surface area contributed by atoms with E-state index in [0.29, 0.717) is 23.3 Å². The van der Waals surface area contributed by atoms with Crippen molar-refractivity contribution < 1.29 is 14.6 Å². The number of hydrogen-bond donors (Lipinski definition) is 1. The summed E-state index contributed by atoms with van der Waals surface area (Å²) in [6.45, 7) is 6.50. The van der Waals surface area contributed by atoms with E-state index in [-0.39, 0.29) is 17.8 Å². The van der Waals surface area contributed by atoms with Crippen molar-refractivity contribution in [2.75, 3.05) is 6.61 Å². The van der Waals surface area contributed by atoms with Crippen molar-refractivity contribution in [3.05, 3.63) is 65.7 Å². The maximum atomic E-state index is 12.3. The van der Waals surface area contributed by atoms with Crippen LogP contribution in [0.1, 0.15) is 43.1 Å². The quantitative estimate of drug-likeness (QED) is 0.817. The summed E-state index contributed by atoms with van der Waals surface area (Å²) in [6.07, 6.45) is 0.179. The molecule has 23 heavy (non-hydrogen) atoms. The molecule has 1 N–H and O–H groups in total. The fourth-order valence-corrected chi connectivity index (χ4v) is 2.42. The van der Waals surface area contributed by atoms with Crippen LogP contribution in [0.5, 0.6) is 5.75 Å². The third-order valence-electron chi connectivity index (χ3n) is 3.44. The Morgan fingerprint density at radius 1 is 1.00 bits per heavy atom. The van der Waals surface area contributed by atoms with Gasteiger partial charge >= 0.3 is 0 Å². The second-order valence-electron chi connectivity index (χ2n) is 6.95. The van der Waals surface area contributed by atoms with Crippen LogP contribution in [0.4, 0.5) is 0 Å². The van der Waals surface area contributed by atoms with Crippen molar-refractivity contribution in [1.29, 1.82) is 0 Å². The van der Waals surface area contributed by atoms with E-state index in [1.807, 2.05) is 18.2 Å². The molecular weight excluding hydrogens is 288 g/mol. The first-order valence-corrected chi connectivity index (χ1v) is 7.86. The molecule has 0 aliphatic rings. The molecule has 0 amide bonds. The molecule has 1 atom stereocenters. The first-order valence-electron chi connectivity index (χ1n) is 7.86. The molecule has 0 heterocycles. The van der Waals surface area contributed by atoms with Crippen LogP contribution in [0.3, 0.4) is 0 Å². The minimum Gasteiger partial charge on any atom is -0.491 e. The monoisotopic (exact) mass is 312 g/mol. The smallest absolute Gasteiger partial charge is 0.193 e. The minimum atomic E-state index is -0.499. The molecule has 0 aliphatic carbocycles. The van der Waals surface area contributed by atoms with Crippen LogP contribution >= 0.6 is 0 Å². The molecule has 0 saturated carbocycles. The van der Waals surface area contributed by atoms with E-state index in [4.69, 9.17) is 4.74 Å². The van der Waals surface area contributed by atoms with Crippen LogP contribution in [-0.4, -0.2) is 23.6 Å². The van der Waals surface area contributed by atoms with Crippen LogP contribution in [0.25, 0.3) is 0 Å². The van der Waals surface area contributed by atoms with Crippen LogP contribution in [0.15, 0.2) is 54.6 Å². The van der Waals surface area contributed by atoms with E-state index in [2.05, 4.69) is 20.8 Å². The molecule has 0 bridgehead atoms. The lowest BCUT2D eigenvalue weighted by atomic mass is 9.89. The molecule has 2 aromatic rings. The predicted molar refractivity (Wildman–Crippen MR) is 91.9 cm³/mol. The zero-order chi connectivity index (χ0) is 16.9. The van der Waals surface area contributed by atoms with Crippen molar-refractivity contribution in [3.8, 4) is 5.75 Å². The van der Waals surface area contributed by atoms with Crippen molar-refractivity contribution in [3.63, 3.8) is 0 Å². The maximum Gasteiger partial charge on any atom is 0.193 e. The third kappa shape index (κ3) is 5.53. The Morgan fingerprint density at radius 3 is 2.13 bits per heavy atom. The second kappa shape index (κ2) is 7.42. The average Bonchev–Trinajstić information content (AvgIpc) is 2.52. The van der Waals surface area contributed by atoms with Gasteiger partial charge in [0.25, 0.3) is 0 Å². The number of benzene rings is 2. The lowest BCUT2D eigenvalue weighted by Crippen LogP contribution is -2.23. The normalized spacial score (nSPS) is 12.7. The molecule has 0 aliphatic heterocycles. The summed E-state index contributed by atoms with van der Waals surface area (Å²) in [5, 5.41) is 9.96. The SMILES string of the molecule is CC(C)(C)CC(O)COc1ccc(C(=O)c2ccccc2)cc1. The van der Waals surface area contributed by atoms with Crippen LogP contribution in [-0.2, 0) is 0 Å². The Hall–Kier alpha value is -2.13. The first kappa shape index (κ1) is 17.2. The molecule has 0 aromatic heterocycles. The Labute approximate surface area is 137 Å². The number of ketones is 1. The van der Waals surface area contributed by atoms with Crippen molar-refractivity contribution in [1.82, 2.24) is 0 Å². The molecular formula is C20H24O3. The zero-order valence-corrected chi connectivity index (χ0v) is 14.0. The molecule has 2 aromatic carbocycles. The molecule has 0 spiro atoms. The summed E-state index contributed by atoms with van der Waals surface area (Å²) in [5.74, 6) is 0.646. The Balaban J connectivity index is 1.94. The van der Waals surface area contributed by atoms with Gasteiger partial charge in [-0.05, 0) is 36.1 Å². The van der Waals surface area contributed by atoms with Gasteiger partial charge in [-0.2, -0.15) is 0 Å². The molecule has 0 saturated heterocycles. The van der Waals surface area contributed by atoms with Gasteiger partial charge in [0.15, 0.2) is 5.78 Å². The molecule has 3 nitrogen and oxygen atoms in total. The highest BCUT2D eigenvalue weighted by atomic mass is 16.5. The standard InChI is InChI=1S/C20H24O3/c1-20(2,3)13-17(21)14-23-18-11-9-16(10-12-18)19(22)15-7-5-4-6-8-15/h4-12,17,21H,13-14H2,1-3H3. The van der Waals surface area contributed by atoms with Gasteiger partial charge in [0.1, 0.15) is 12.4 Å². The van der Waals surface area contributed by atoms with Gasteiger partial charge in [0.2, 0.25) is 0 Å². The maximum absolute atomic E-state index is 12.3. The number of hydrogen-bond acceptors (Lipinski definition) is 3. The van der Waals surface area contributed by atoms with Gasteiger partial charge in [-0.15, -0.1) is 0 Å². The van der Waals surface area contributed by atoms with Crippen molar-refractivity contribution in [2.45, 2.75) is 33.3 Å². The summed E-state index contributed by atoms with van der Waals surface area (Å²) >= 11 is 0. The highest BCUT2D eigenvalue weighted by molar-refractivity contribution is 6.08. The Kier molecular flexibility index (Phi) is 5.56. The summed E-state index contributed by atoms with van der Waals surface area (Å²) in [7, 11) is 0. The van der Waals surface area contributed by atoms with Crippen molar-refractivity contribution >= 4 is 5.78 Å². The zero-order valence-electron chi connectivity index (χ0n) is 14.0. The number of carbonyl (C=O) groups excluding carboxylic acids is 1. The van der Waals surface area contributed by atoms with E-state index in [0.717, 1.165) is 0 Å². The molecule has 2 rings (SSSR count). The molecule has 0 radical (unpaired) electrons. The van der Waals surface area contributed by atoms with E-state index < -0.39 is 6.10 Å². The van der Waals surface area contributed by atoms with Gasteiger partial charge < -0.3 is 9.84 Å². The number of aliphatic hydroxyl groups is 1. The summed E-state index contributed by atoms with van der Waals surface area (Å²) in [6, 6.07) is 16.2. The van der Waals surface area contributed by atoms with E-state index in [1.54, 1.807) is 36.4 Å². The van der Waals surface area contributed by atoms with Crippen LogP contribution in [0.2, 0.25) is 0 Å². The molecule has 3 heteroatoms. The molecule has 1 unspecified atom stereocenters. The lowest BCUT2D eigenvalue weighted by molar-refractivity contribution is 0.0710. The summed E-state index contributed by atoms with van der Waals surface area (Å²) < 4.78 is 5.59. The van der Waals surface area contributed by atoms with Crippen molar-refractivity contribution in [2.24, 2.45) is 5.41 Å². The second-order valence-corrected chi connectivity index (χ2v) is 6.95. The fraction of sp³-hybridized carbons (Fsp3) is 0.350. The topological polar surface area (TPSA) is 46.5 Å². The Bertz CT molecular complexity index is 624. The van der Waals surface area contributed by atoms with Gasteiger partial charge in [0, 0.05) is 11.1 Å². The number of rotatable bonds is 6. The average molecular weight is 312 g/mol. The Morgan fingerprint density at radius 2 is 1.57 bits per heavy atom. The fourth-order valence-electron chi connectivity index (χ4n) is 2.42. The van der Waals surface area contributed by atoms with Gasteiger partial charge in [-0.25, -0.2) is 0 Å². The third-order valence-corrected chi connectivity index (χ3v) is 3.44.